The summed E-state index contributed by atoms with van der Waals surface area (Å²) in [6.07, 6.45) is 2.38. The van der Waals surface area contributed by atoms with Gasteiger partial charge in [0.25, 0.3) is 5.69 Å². The van der Waals surface area contributed by atoms with Crippen LogP contribution in [0, 0.1) is 10.1 Å². The molecule has 1 saturated carbocycles. The Hall–Kier alpha value is -1.89. The molecule has 1 aliphatic carbocycles. The predicted molar refractivity (Wildman–Crippen MR) is 80.3 cm³/mol. The number of hydrogen-bond donors (Lipinski definition) is 0. The van der Waals surface area contributed by atoms with Gasteiger partial charge in [0.2, 0.25) is 0 Å². The predicted octanol–water partition coefficient (Wildman–Crippen LogP) is 3.45. The first-order valence-electron chi connectivity index (χ1n) is 6.86. The molecule has 1 aromatic heterocycles. The fraction of sp³-hybridized carbons (Fsp3) is 0.429. The molecule has 1 heterocycles. The minimum absolute atomic E-state index is 0.0832. The van der Waals surface area contributed by atoms with Gasteiger partial charge in [-0.15, -0.1) is 10.2 Å². The highest BCUT2D eigenvalue weighted by atomic mass is 32.2. The van der Waals surface area contributed by atoms with Gasteiger partial charge in [0, 0.05) is 30.3 Å². The molecule has 110 valence electrons. The van der Waals surface area contributed by atoms with E-state index in [1.807, 2.05) is 24.6 Å². The average molecular weight is 304 g/mol. The largest absolute Gasteiger partial charge is 0.309 e. The number of hydrogen-bond acceptors (Lipinski definition) is 5. The SMILES string of the molecule is C[C@@H](Sc1nnc(C2CC2)n1C)c1cccc([N+](=O)[O-])c1. The Balaban J connectivity index is 1.78. The Morgan fingerprint density at radius 3 is 2.86 bits per heavy atom. The van der Waals surface area contributed by atoms with Crippen LogP contribution in [0.2, 0.25) is 0 Å². The van der Waals surface area contributed by atoms with E-state index in [1.165, 1.54) is 18.9 Å². The van der Waals surface area contributed by atoms with Crippen LogP contribution in [-0.2, 0) is 7.05 Å². The zero-order valence-electron chi connectivity index (χ0n) is 11.9. The molecule has 1 fully saturated rings. The van der Waals surface area contributed by atoms with Crippen LogP contribution in [0.5, 0.6) is 0 Å². The maximum absolute atomic E-state index is 10.8. The van der Waals surface area contributed by atoms with Gasteiger partial charge in [0.15, 0.2) is 5.16 Å². The van der Waals surface area contributed by atoms with Crippen LogP contribution in [0.1, 0.15) is 42.3 Å². The van der Waals surface area contributed by atoms with E-state index < -0.39 is 0 Å². The molecule has 21 heavy (non-hydrogen) atoms. The van der Waals surface area contributed by atoms with E-state index in [1.54, 1.807) is 23.9 Å². The third kappa shape index (κ3) is 2.92. The topological polar surface area (TPSA) is 73.8 Å². The highest BCUT2D eigenvalue weighted by molar-refractivity contribution is 7.99. The second kappa shape index (κ2) is 5.48. The average Bonchev–Trinajstić information content (AvgIpc) is 3.25. The number of nitrogens with zero attached hydrogens (tertiary/aromatic N) is 4. The molecule has 0 spiro atoms. The Kier molecular flexibility index (Phi) is 3.67. The van der Waals surface area contributed by atoms with Crippen molar-refractivity contribution in [3.63, 3.8) is 0 Å². The normalized spacial score (nSPS) is 15.9. The second-order valence-electron chi connectivity index (χ2n) is 5.29. The molecule has 1 aromatic carbocycles. The van der Waals surface area contributed by atoms with Crippen LogP contribution in [0.15, 0.2) is 29.4 Å². The highest BCUT2D eigenvalue weighted by Gasteiger charge is 2.29. The molecule has 0 radical (unpaired) electrons. The molecule has 0 saturated heterocycles. The number of benzene rings is 1. The zero-order chi connectivity index (χ0) is 15.0. The molecule has 3 rings (SSSR count). The van der Waals surface area contributed by atoms with Crippen molar-refractivity contribution >= 4 is 17.4 Å². The summed E-state index contributed by atoms with van der Waals surface area (Å²) in [5, 5.41) is 20.3. The van der Waals surface area contributed by atoms with Gasteiger partial charge >= 0.3 is 0 Å². The molecule has 0 N–H and O–H groups in total. The van der Waals surface area contributed by atoms with Gasteiger partial charge in [-0.2, -0.15) is 0 Å². The number of non-ortho nitro benzene ring substituents is 1. The van der Waals surface area contributed by atoms with E-state index in [2.05, 4.69) is 10.2 Å². The quantitative estimate of drug-likeness (QED) is 0.480. The molecule has 1 atom stereocenters. The summed E-state index contributed by atoms with van der Waals surface area (Å²) in [6.45, 7) is 2.02. The number of nitro benzene ring substituents is 1. The lowest BCUT2D eigenvalue weighted by Gasteiger charge is -2.11. The van der Waals surface area contributed by atoms with Gasteiger partial charge in [0.1, 0.15) is 5.82 Å². The molecule has 0 unspecified atom stereocenters. The van der Waals surface area contributed by atoms with Crippen molar-refractivity contribution in [3.05, 3.63) is 45.8 Å². The van der Waals surface area contributed by atoms with Crippen LogP contribution < -0.4 is 0 Å². The van der Waals surface area contributed by atoms with Gasteiger partial charge in [-0.25, -0.2) is 0 Å². The summed E-state index contributed by atoms with van der Waals surface area (Å²) in [5.74, 6) is 1.61. The van der Waals surface area contributed by atoms with Gasteiger partial charge < -0.3 is 4.57 Å². The third-order valence-corrected chi connectivity index (χ3v) is 4.84. The van der Waals surface area contributed by atoms with Crippen LogP contribution in [0.25, 0.3) is 0 Å². The standard InChI is InChI=1S/C14H16N4O2S/c1-9(11-4-3-5-12(8-11)18(19)20)21-14-16-15-13(17(14)2)10-6-7-10/h3-5,8-10H,6-7H2,1-2H3/t9-/m1/s1. The third-order valence-electron chi connectivity index (χ3n) is 3.64. The van der Waals surface area contributed by atoms with Crippen molar-refractivity contribution in [3.8, 4) is 0 Å². The minimum atomic E-state index is -0.367. The van der Waals surface area contributed by atoms with Crippen molar-refractivity contribution in [2.75, 3.05) is 0 Å². The van der Waals surface area contributed by atoms with E-state index in [4.69, 9.17) is 0 Å². The lowest BCUT2D eigenvalue weighted by Crippen LogP contribution is -1.99. The summed E-state index contributed by atoms with van der Waals surface area (Å²) >= 11 is 1.58. The van der Waals surface area contributed by atoms with Crippen LogP contribution in [0.3, 0.4) is 0 Å². The molecule has 0 bridgehead atoms. The van der Waals surface area contributed by atoms with E-state index in [0.29, 0.717) is 5.92 Å². The van der Waals surface area contributed by atoms with E-state index in [9.17, 15) is 10.1 Å². The summed E-state index contributed by atoms with van der Waals surface area (Å²) < 4.78 is 2.04. The van der Waals surface area contributed by atoms with Gasteiger partial charge in [-0.3, -0.25) is 10.1 Å². The summed E-state index contributed by atoms with van der Waals surface area (Å²) in [5.41, 5.74) is 1.04. The van der Waals surface area contributed by atoms with Gasteiger partial charge in [0.05, 0.1) is 4.92 Å². The van der Waals surface area contributed by atoms with Crippen LogP contribution in [0.4, 0.5) is 5.69 Å². The lowest BCUT2D eigenvalue weighted by molar-refractivity contribution is -0.384. The Morgan fingerprint density at radius 2 is 2.19 bits per heavy atom. The monoisotopic (exact) mass is 304 g/mol. The van der Waals surface area contributed by atoms with E-state index in [-0.39, 0.29) is 15.9 Å². The maximum Gasteiger partial charge on any atom is 0.269 e. The molecular formula is C14H16N4O2S. The molecule has 6 nitrogen and oxygen atoms in total. The van der Waals surface area contributed by atoms with Crippen molar-refractivity contribution in [2.24, 2.45) is 7.05 Å². The Bertz CT molecular complexity index is 681. The highest BCUT2D eigenvalue weighted by Crippen LogP contribution is 2.41. The summed E-state index contributed by atoms with van der Waals surface area (Å²) in [7, 11) is 1.98. The fourth-order valence-corrected chi connectivity index (χ4v) is 3.18. The molecule has 1 aliphatic rings. The van der Waals surface area contributed by atoms with Crippen molar-refractivity contribution in [1.29, 1.82) is 0 Å². The number of thioether (sulfide) groups is 1. The maximum atomic E-state index is 10.8. The van der Waals surface area contributed by atoms with E-state index in [0.717, 1.165) is 16.5 Å². The number of rotatable bonds is 5. The van der Waals surface area contributed by atoms with Crippen molar-refractivity contribution in [2.45, 2.75) is 36.1 Å². The lowest BCUT2D eigenvalue weighted by atomic mass is 10.1. The van der Waals surface area contributed by atoms with E-state index >= 15 is 0 Å². The minimum Gasteiger partial charge on any atom is -0.309 e. The van der Waals surface area contributed by atoms with Crippen molar-refractivity contribution < 1.29 is 4.92 Å². The molecule has 0 amide bonds. The number of nitro groups is 1. The second-order valence-corrected chi connectivity index (χ2v) is 6.59. The molecular weight excluding hydrogens is 288 g/mol. The van der Waals surface area contributed by atoms with Crippen molar-refractivity contribution in [1.82, 2.24) is 14.8 Å². The molecule has 7 heteroatoms. The first-order chi connectivity index (χ1) is 10.1. The molecule has 2 aromatic rings. The van der Waals surface area contributed by atoms with Gasteiger partial charge in [-0.1, -0.05) is 23.9 Å². The first-order valence-corrected chi connectivity index (χ1v) is 7.74. The molecule has 0 aliphatic heterocycles. The summed E-state index contributed by atoms with van der Waals surface area (Å²) in [4.78, 5) is 10.5. The first kappa shape index (κ1) is 14.1. The smallest absolute Gasteiger partial charge is 0.269 e. The number of aromatic nitrogens is 3. The van der Waals surface area contributed by atoms with Crippen LogP contribution in [-0.4, -0.2) is 19.7 Å². The van der Waals surface area contributed by atoms with Crippen LogP contribution >= 0.6 is 11.8 Å². The fourth-order valence-electron chi connectivity index (χ4n) is 2.24. The summed E-state index contributed by atoms with van der Waals surface area (Å²) in [6, 6.07) is 6.75. The zero-order valence-corrected chi connectivity index (χ0v) is 12.7. The Morgan fingerprint density at radius 1 is 1.43 bits per heavy atom. The Labute approximate surface area is 126 Å². The van der Waals surface area contributed by atoms with Gasteiger partial charge in [-0.05, 0) is 25.3 Å².